The van der Waals surface area contributed by atoms with Gasteiger partial charge in [0.15, 0.2) is 0 Å². The molecule has 23 heavy (non-hydrogen) atoms. The Morgan fingerprint density at radius 3 is 2.65 bits per heavy atom. The first-order chi connectivity index (χ1) is 11.0. The molecule has 0 spiro atoms. The smallest absolute Gasteiger partial charge is 0.240 e. The van der Waals surface area contributed by atoms with Crippen LogP contribution >= 0.6 is 15.9 Å². The summed E-state index contributed by atoms with van der Waals surface area (Å²) in [4.78, 5) is 24.9. The highest BCUT2D eigenvalue weighted by Gasteiger charge is 2.56. The van der Waals surface area contributed by atoms with Gasteiger partial charge >= 0.3 is 0 Å². The third kappa shape index (κ3) is 3.32. The zero-order valence-electron chi connectivity index (χ0n) is 12.7. The predicted octanol–water partition coefficient (Wildman–Crippen LogP) is 3.39. The summed E-state index contributed by atoms with van der Waals surface area (Å²) in [5.74, 6) is 0.166. The molecular weight excluding hydrogens is 360 g/mol. The molecule has 5 nitrogen and oxygen atoms in total. The minimum atomic E-state index is -0.952. The van der Waals surface area contributed by atoms with Gasteiger partial charge in [-0.05, 0) is 55.7 Å². The Morgan fingerprint density at radius 1 is 1.26 bits per heavy atom. The Bertz CT molecular complexity index is 736. The molecule has 2 N–H and O–H groups in total. The summed E-state index contributed by atoms with van der Waals surface area (Å²) >= 11 is 3.39. The van der Waals surface area contributed by atoms with Crippen LogP contribution in [0.25, 0.3) is 0 Å². The molecule has 6 heteroatoms. The van der Waals surface area contributed by atoms with E-state index in [0.717, 1.165) is 15.7 Å². The number of furan rings is 1. The molecule has 0 aliphatic heterocycles. The van der Waals surface area contributed by atoms with Crippen LogP contribution in [-0.2, 0) is 16.1 Å². The highest BCUT2D eigenvalue weighted by atomic mass is 79.9. The van der Waals surface area contributed by atoms with E-state index in [4.69, 9.17) is 4.42 Å². The van der Waals surface area contributed by atoms with Crippen LogP contribution in [0.4, 0.5) is 5.69 Å². The van der Waals surface area contributed by atoms with E-state index >= 15 is 0 Å². The van der Waals surface area contributed by atoms with Gasteiger partial charge in [0.1, 0.15) is 11.2 Å². The molecule has 0 unspecified atom stereocenters. The third-order valence-electron chi connectivity index (χ3n) is 4.06. The molecule has 1 heterocycles. The second-order valence-corrected chi connectivity index (χ2v) is 6.67. The fraction of sp³-hybridized carbons (Fsp3) is 0.294. The lowest BCUT2D eigenvalue weighted by Crippen LogP contribution is -2.39. The van der Waals surface area contributed by atoms with Crippen molar-refractivity contribution in [3.63, 3.8) is 0 Å². The highest BCUT2D eigenvalue weighted by molar-refractivity contribution is 9.10. The van der Waals surface area contributed by atoms with Crippen molar-refractivity contribution >= 4 is 33.4 Å². The van der Waals surface area contributed by atoms with E-state index in [9.17, 15) is 9.59 Å². The number of rotatable bonds is 5. The fourth-order valence-corrected chi connectivity index (χ4v) is 2.92. The lowest BCUT2D eigenvalue weighted by molar-refractivity contribution is -0.134. The molecule has 0 atom stereocenters. The largest absolute Gasteiger partial charge is 0.467 e. The zero-order valence-corrected chi connectivity index (χ0v) is 14.3. The molecule has 0 saturated heterocycles. The lowest BCUT2D eigenvalue weighted by Gasteiger charge is -2.16. The fourth-order valence-electron chi connectivity index (χ4n) is 2.44. The van der Waals surface area contributed by atoms with E-state index in [0.29, 0.717) is 18.6 Å². The van der Waals surface area contributed by atoms with E-state index in [1.54, 1.807) is 18.4 Å². The predicted molar refractivity (Wildman–Crippen MR) is 89.7 cm³/mol. The van der Waals surface area contributed by atoms with Gasteiger partial charge in [0.05, 0.1) is 12.8 Å². The third-order valence-corrected chi connectivity index (χ3v) is 4.55. The Labute approximate surface area is 142 Å². The van der Waals surface area contributed by atoms with Gasteiger partial charge in [-0.25, -0.2) is 0 Å². The van der Waals surface area contributed by atoms with Crippen molar-refractivity contribution < 1.29 is 14.0 Å². The Balaban J connectivity index is 1.64. The van der Waals surface area contributed by atoms with E-state index in [1.807, 2.05) is 25.1 Å². The van der Waals surface area contributed by atoms with E-state index < -0.39 is 5.41 Å². The summed E-state index contributed by atoms with van der Waals surface area (Å²) in [7, 11) is 0. The summed E-state index contributed by atoms with van der Waals surface area (Å²) in [6, 6.07) is 9.15. The summed E-state index contributed by atoms with van der Waals surface area (Å²) in [6.45, 7) is 2.20. The highest BCUT2D eigenvalue weighted by Crippen LogP contribution is 2.47. The van der Waals surface area contributed by atoms with Crippen LogP contribution in [0, 0.1) is 12.3 Å². The van der Waals surface area contributed by atoms with Crippen LogP contribution in [0.5, 0.6) is 0 Å². The number of amides is 2. The summed E-state index contributed by atoms with van der Waals surface area (Å²) in [5, 5.41) is 5.65. The van der Waals surface area contributed by atoms with Gasteiger partial charge < -0.3 is 15.1 Å². The molecule has 2 aromatic rings. The average Bonchev–Trinajstić information content (AvgIpc) is 3.17. The maximum Gasteiger partial charge on any atom is 0.240 e. The number of hydrogen-bond donors (Lipinski definition) is 2. The number of benzene rings is 1. The molecule has 0 radical (unpaired) electrons. The van der Waals surface area contributed by atoms with Crippen molar-refractivity contribution in [3.8, 4) is 0 Å². The number of anilines is 1. The zero-order chi connectivity index (χ0) is 16.4. The molecule has 3 rings (SSSR count). The first-order valence-corrected chi connectivity index (χ1v) is 8.19. The number of aryl methyl sites for hydroxylation is 1. The monoisotopic (exact) mass is 376 g/mol. The summed E-state index contributed by atoms with van der Waals surface area (Å²) < 4.78 is 6.13. The van der Waals surface area contributed by atoms with Crippen molar-refractivity contribution in [2.45, 2.75) is 26.3 Å². The average molecular weight is 377 g/mol. The van der Waals surface area contributed by atoms with Gasteiger partial charge in [-0.3, -0.25) is 9.59 Å². The number of halogens is 1. The van der Waals surface area contributed by atoms with Crippen molar-refractivity contribution in [3.05, 3.63) is 52.4 Å². The number of hydrogen-bond acceptors (Lipinski definition) is 3. The molecule has 0 bridgehead atoms. The molecule has 1 fully saturated rings. The maximum atomic E-state index is 12.5. The van der Waals surface area contributed by atoms with E-state index in [1.165, 1.54) is 0 Å². The van der Waals surface area contributed by atoms with Crippen molar-refractivity contribution in [2.75, 3.05) is 5.32 Å². The van der Waals surface area contributed by atoms with Crippen molar-refractivity contribution in [2.24, 2.45) is 5.41 Å². The molecule has 2 amide bonds. The Morgan fingerprint density at radius 2 is 2.04 bits per heavy atom. The van der Waals surface area contributed by atoms with Crippen molar-refractivity contribution in [1.82, 2.24) is 5.32 Å². The van der Waals surface area contributed by atoms with Gasteiger partial charge in [0.25, 0.3) is 0 Å². The molecule has 1 aromatic carbocycles. The van der Waals surface area contributed by atoms with Crippen LogP contribution in [0.1, 0.15) is 24.2 Å². The maximum absolute atomic E-state index is 12.5. The SMILES string of the molecule is Cc1cc(Br)ccc1NC(=O)C1(C(=O)NCc2ccco2)CC1. The normalized spacial score (nSPS) is 15.0. The van der Waals surface area contributed by atoms with Crippen LogP contribution in [0.2, 0.25) is 0 Å². The second-order valence-electron chi connectivity index (χ2n) is 5.76. The molecule has 1 aliphatic rings. The van der Waals surface area contributed by atoms with E-state index in [2.05, 4.69) is 26.6 Å². The molecule has 1 aliphatic carbocycles. The summed E-state index contributed by atoms with van der Waals surface area (Å²) in [6.07, 6.45) is 2.69. The molecule has 1 aromatic heterocycles. The van der Waals surface area contributed by atoms with Crippen LogP contribution < -0.4 is 10.6 Å². The molecule has 1 saturated carbocycles. The first-order valence-electron chi connectivity index (χ1n) is 7.39. The van der Waals surface area contributed by atoms with Crippen LogP contribution in [0.3, 0.4) is 0 Å². The van der Waals surface area contributed by atoms with Crippen LogP contribution in [0.15, 0.2) is 45.5 Å². The standard InChI is InChI=1S/C17H17BrN2O3/c1-11-9-12(18)4-5-14(11)20-16(22)17(6-7-17)15(21)19-10-13-3-2-8-23-13/h2-5,8-9H,6-7,10H2,1H3,(H,19,21)(H,20,22). The second kappa shape index (κ2) is 6.20. The number of carbonyl (C=O) groups excluding carboxylic acids is 2. The topological polar surface area (TPSA) is 71.3 Å². The minimum Gasteiger partial charge on any atom is -0.467 e. The van der Waals surface area contributed by atoms with Gasteiger partial charge in [-0.15, -0.1) is 0 Å². The van der Waals surface area contributed by atoms with Gasteiger partial charge in [0.2, 0.25) is 11.8 Å². The lowest BCUT2D eigenvalue weighted by atomic mass is 10.0. The quantitative estimate of drug-likeness (QED) is 0.785. The van der Waals surface area contributed by atoms with Crippen LogP contribution in [-0.4, -0.2) is 11.8 Å². The minimum absolute atomic E-state index is 0.249. The van der Waals surface area contributed by atoms with Gasteiger partial charge in [-0.1, -0.05) is 15.9 Å². The number of nitrogens with one attached hydrogen (secondary N) is 2. The van der Waals surface area contributed by atoms with Gasteiger partial charge in [0, 0.05) is 10.2 Å². The van der Waals surface area contributed by atoms with Crippen molar-refractivity contribution in [1.29, 1.82) is 0 Å². The van der Waals surface area contributed by atoms with E-state index in [-0.39, 0.29) is 18.4 Å². The van der Waals surface area contributed by atoms with Gasteiger partial charge in [-0.2, -0.15) is 0 Å². The Hall–Kier alpha value is -2.08. The Kier molecular flexibility index (Phi) is 4.26. The molecule has 120 valence electrons. The summed E-state index contributed by atoms with van der Waals surface area (Å²) in [5.41, 5.74) is 0.717. The number of carbonyl (C=O) groups is 2. The molecular formula is C17H17BrN2O3. The first kappa shape index (κ1) is 15.8.